The van der Waals surface area contributed by atoms with Crippen molar-refractivity contribution < 1.29 is 14.7 Å². The smallest absolute Gasteiger partial charge is 0.337 e. The predicted octanol–water partition coefficient (Wildman–Crippen LogP) is 2.42. The molecule has 1 aromatic carbocycles. The highest BCUT2D eigenvalue weighted by Gasteiger charge is 2.13. The molecule has 1 heterocycles. The average molecular weight is 295 g/mol. The topological polar surface area (TPSA) is 96.2 Å². The van der Waals surface area contributed by atoms with Crippen molar-refractivity contribution in [2.24, 2.45) is 7.05 Å². The Morgan fingerprint density at radius 2 is 2.05 bits per heavy atom. The van der Waals surface area contributed by atoms with Crippen LogP contribution < -0.4 is 10.6 Å². The summed E-state index contributed by atoms with van der Waals surface area (Å²) in [6, 6.07) is 5.20. The largest absolute Gasteiger partial charge is 0.478 e. The highest BCUT2D eigenvalue weighted by Crippen LogP contribution is 2.21. The molecule has 1 aromatic heterocycles. The number of benzene rings is 1. The number of urea groups is 1. The fourth-order valence-electron chi connectivity index (χ4n) is 1.55. The number of carbonyl (C=O) groups is 2. The van der Waals surface area contributed by atoms with Crippen LogP contribution in [0.4, 0.5) is 16.3 Å². The molecule has 0 aliphatic carbocycles. The van der Waals surface area contributed by atoms with E-state index in [1.165, 1.54) is 22.9 Å². The van der Waals surface area contributed by atoms with Gasteiger partial charge in [-0.2, -0.15) is 5.10 Å². The van der Waals surface area contributed by atoms with Gasteiger partial charge < -0.3 is 10.4 Å². The van der Waals surface area contributed by atoms with Crippen molar-refractivity contribution in [3.63, 3.8) is 0 Å². The van der Waals surface area contributed by atoms with Crippen molar-refractivity contribution in [1.82, 2.24) is 9.78 Å². The molecule has 104 valence electrons. The quantitative estimate of drug-likeness (QED) is 0.810. The van der Waals surface area contributed by atoms with Crippen LogP contribution in [0.15, 0.2) is 30.5 Å². The van der Waals surface area contributed by atoms with Gasteiger partial charge in [0.15, 0.2) is 5.82 Å². The van der Waals surface area contributed by atoms with E-state index in [1.54, 1.807) is 19.3 Å². The van der Waals surface area contributed by atoms with Crippen molar-refractivity contribution >= 4 is 35.1 Å². The number of rotatable bonds is 3. The van der Waals surface area contributed by atoms with E-state index in [9.17, 15) is 9.59 Å². The highest BCUT2D eigenvalue weighted by molar-refractivity contribution is 6.31. The minimum atomic E-state index is -1.18. The van der Waals surface area contributed by atoms with Crippen LogP contribution in [0.5, 0.6) is 0 Å². The second kappa shape index (κ2) is 5.62. The molecule has 0 spiro atoms. The molecular formula is C12H11ClN4O3. The van der Waals surface area contributed by atoms with Gasteiger partial charge in [0.05, 0.1) is 11.3 Å². The second-order valence-electron chi connectivity index (χ2n) is 3.95. The Balaban J connectivity index is 2.13. The summed E-state index contributed by atoms with van der Waals surface area (Å²) in [5, 5.41) is 18.2. The second-order valence-corrected chi connectivity index (χ2v) is 4.39. The molecule has 0 aliphatic rings. The van der Waals surface area contributed by atoms with Crippen LogP contribution in [0.1, 0.15) is 10.4 Å². The maximum atomic E-state index is 11.8. The summed E-state index contributed by atoms with van der Waals surface area (Å²) >= 11 is 5.73. The molecule has 0 saturated heterocycles. The number of carboxylic acids is 1. The Kier molecular flexibility index (Phi) is 3.90. The lowest BCUT2D eigenvalue weighted by atomic mass is 10.2. The number of nitrogens with zero attached hydrogens (tertiary/aromatic N) is 2. The number of amides is 2. The van der Waals surface area contributed by atoms with E-state index in [0.29, 0.717) is 5.82 Å². The molecule has 0 atom stereocenters. The fraction of sp³-hybridized carbons (Fsp3) is 0.0833. The molecule has 0 unspecified atom stereocenters. The van der Waals surface area contributed by atoms with Crippen LogP contribution in [0.3, 0.4) is 0 Å². The van der Waals surface area contributed by atoms with Crippen LogP contribution in [-0.2, 0) is 7.05 Å². The molecule has 7 nitrogen and oxygen atoms in total. The molecule has 20 heavy (non-hydrogen) atoms. The summed E-state index contributed by atoms with van der Waals surface area (Å²) in [4.78, 5) is 22.8. The van der Waals surface area contributed by atoms with Crippen LogP contribution in [0.2, 0.25) is 5.02 Å². The fourth-order valence-corrected chi connectivity index (χ4v) is 1.73. The van der Waals surface area contributed by atoms with Crippen LogP contribution in [-0.4, -0.2) is 26.9 Å². The molecule has 2 rings (SSSR count). The third-order valence-corrected chi connectivity index (χ3v) is 2.65. The SMILES string of the molecule is Cn1ccc(NC(=O)Nc2ccc(Cl)cc2C(=O)O)n1. The van der Waals surface area contributed by atoms with Gasteiger partial charge >= 0.3 is 12.0 Å². The van der Waals surface area contributed by atoms with Crippen molar-refractivity contribution in [1.29, 1.82) is 0 Å². The molecular weight excluding hydrogens is 284 g/mol. The molecule has 0 fully saturated rings. The van der Waals surface area contributed by atoms with E-state index < -0.39 is 12.0 Å². The molecule has 0 bridgehead atoms. The van der Waals surface area contributed by atoms with Crippen molar-refractivity contribution in [2.45, 2.75) is 0 Å². The Bertz CT molecular complexity index is 668. The van der Waals surface area contributed by atoms with Gasteiger partial charge in [0.2, 0.25) is 0 Å². The summed E-state index contributed by atoms with van der Waals surface area (Å²) in [6.07, 6.45) is 1.67. The first-order valence-corrected chi connectivity index (χ1v) is 5.94. The summed E-state index contributed by atoms with van der Waals surface area (Å²) < 4.78 is 1.53. The van der Waals surface area contributed by atoms with E-state index in [4.69, 9.17) is 16.7 Å². The van der Waals surface area contributed by atoms with E-state index >= 15 is 0 Å². The number of aryl methyl sites for hydroxylation is 1. The van der Waals surface area contributed by atoms with Gasteiger partial charge in [-0.3, -0.25) is 10.00 Å². The summed E-state index contributed by atoms with van der Waals surface area (Å²) in [6.45, 7) is 0. The van der Waals surface area contributed by atoms with Gasteiger partial charge in [-0.05, 0) is 18.2 Å². The molecule has 3 N–H and O–H groups in total. The minimum Gasteiger partial charge on any atom is -0.478 e. The number of hydrogen-bond donors (Lipinski definition) is 3. The van der Waals surface area contributed by atoms with Crippen LogP contribution >= 0.6 is 11.6 Å². The van der Waals surface area contributed by atoms with Gasteiger partial charge in [0.1, 0.15) is 0 Å². The molecule has 2 amide bonds. The third-order valence-electron chi connectivity index (χ3n) is 2.42. The van der Waals surface area contributed by atoms with Gasteiger partial charge in [-0.1, -0.05) is 11.6 Å². The lowest BCUT2D eigenvalue weighted by molar-refractivity contribution is 0.0698. The number of halogens is 1. The third kappa shape index (κ3) is 3.27. The van der Waals surface area contributed by atoms with E-state index in [-0.39, 0.29) is 16.3 Å². The minimum absolute atomic E-state index is 0.0892. The van der Waals surface area contributed by atoms with E-state index in [0.717, 1.165) is 0 Å². The first kappa shape index (κ1) is 13.9. The van der Waals surface area contributed by atoms with Gasteiger partial charge in [0.25, 0.3) is 0 Å². The Morgan fingerprint density at radius 1 is 1.30 bits per heavy atom. The normalized spacial score (nSPS) is 10.1. The lowest BCUT2D eigenvalue weighted by Crippen LogP contribution is -2.21. The number of carbonyl (C=O) groups excluding carboxylic acids is 1. The molecule has 0 saturated carbocycles. The number of aromatic nitrogens is 2. The summed E-state index contributed by atoms with van der Waals surface area (Å²) in [7, 11) is 1.71. The van der Waals surface area contributed by atoms with Crippen LogP contribution in [0, 0.1) is 0 Å². The van der Waals surface area contributed by atoms with Gasteiger partial charge in [0, 0.05) is 24.3 Å². The van der Waals surface area contributed by atoms with E-state index in [2.05, 4.69) is 15.7 Å². The van der Waals surface area contributed by atoms with Gasteiger partial charge in [-0.25, -0.2) is 9.59 Å². The number of carboxylic acid groups (broad SMARTS) is 1. The summed E-state index contributed by atoms with van der Waals surface area (Å²) in [5.41, 5.74) is 0.0593. The van der Waals surface area contributed by atoms with Crippen molar-refractivity contribution in [2.75, 3.05) is 10.6 Å². The standard InChI is InChI=1S/C12H11ClN4O3/c1-17-5-4-10(16-17)15-12(20)14-9-3-2-7(13)6-8(9)11(18)19/h2-6H,1H3,(H,18,19)(H2,14,15,16,20). The number of anilines is 2. The van der Waals surface area contributed by atoms with Crippen molar-refractivity contribution in [3.05, 3.63) is 41.0 Å². The summed E-state index contributed by atoms with van der Waals surface area (Å²) in [5.74, 6) is -0.823. The monoisotopic (exact) mass is 294 g/mol. The zero-order valence-electron chi connectivity index (χ0n) is 10.4. The van der Waals surface area contributed by atoms with Crippen LogP contribution in [0.25, 0.3) is 0 Å². The highest BCUT2D eigenvalue weighted by atomic mass is 35.5. The maximum Gasteiger partial charge on any atom is 0.337 e. The average Bonchev–Trinajstić information content (AvgIpc) is 2.76. The zero-order chi connectivity index (χ0) is 14.7. The molecule has 8 heteroatoms. The Hall–Kier alpha value is -2.54. The number of nitrogens with one attached hydrogen (secondary N) is 2. The first-order chi connectivity index (χ1) is 9.45. The molecule has 2 aromatic rings. The van der Waals surface area contributed by atoms with Gasteiger partial charge in [-0.15, -0.1) is 0 Å². The zero-order valence-corrected chi connectivity index (χ0v) is 11.2. The molecule has 0 aliphatic heterocycles. The Labute approximate surface area is 119 Å². The van der Waals surface area contributed by atoms with Crippen molar-refractivity contribution in [3.8, 4) is 0 Å². The lowest BCUT2D eigenvalue weighted by Gasteiger charge is -2.09. The number of aromatic carboxylic acids is 1. The number of hydrogen-bond acceptors (Lipinski definition) is 3. The molecule has 0 radical (unpaired) electrons. The first-order valence-electron chi connectivity index (χ1n) is 5.56. The maximum absolute atomic E-state index is 11.8. The van der Waals surface area contributed by atoms with E-state index in [1.807, 2.05) is 0 Å². The predicted molar refractivity (Wildman–Crippen MR) is 74.3 cm³/mol. The Morgan fingerprint density at radius 3 is 2.65 bits per heavy atom.